The number of hydrogen-bond acceptors (Lipinski definition) is 8. The van der Waals surface area contributed by atoms with E-state index in [2.05, 4.69) is 5.32 Å². The first kappa shape index (κ1) is 29.8. The molecular formula is C28H37IN2O8. The van der Waals surface area contributed by atoms with Crippen molar-refractivity contribution in [3.63, 3.8) is 0 Å². The maximum atomic E-state index is 13.9. The van der Waals surface area contributed by atoms with E-state index in [1.54, 1.807) is 23.1 Å². The number of aldehydes is 1. The summed E-state index contributed by atoms with van der Waals surface area (Å²) in [6, 6.07) is 2.40. The molecule has 0 aromatic heterocycles. The third-order valence-electron chi connectivity index (χ3n) is 7.64. The van der Waals surface area contributed by atoms with E-state index in [4.69, 9.17) is 14.2 Å². The van der Waals surface area contributed by atoms with Crippen LogP contribution in [0.15, 0.2) is 23.8 Å². The first-order valence-corrected chi connectivity index (χ1v) is 14.7. The first-order chi connectivity index (χ1) is 18.9. The van der Waals surface area contributed by atoms with Gasteiger partial charge in [-0.25, -0.2) is 0 Å². The maximum absolute atomic E-state index is 13.9. The molecule has 2 aliphatic carbocycles. The fraction of sp³-hybridized carbons (Fsp3) is 0.607. The summed E-state index contributed by atoms with van der Waals surface area (Å²) < 4.78 is 18.1. The van der Waals surface area contributed by atoms with Gasteiger partial charge in [-0.05, 0) is 66.5 Å². The lowest BCUT2D eigenvalue weighted by molar-refractivity contribution is -0.152. The van der Waals surface area contributed by atoms with Crippen molar-refractivity contribution in [1.29, 1.82) is 0 Å². The van der Waals surface area contributed by atoms with Crippen LogP contribution in [0.2, 0.25) is 0 Å². The van der Waals surface area contributed by atoms with E-state index >= 15 is 0 Å². The predicted octanol–water partition coefficient (Wildman–Crippen LogP) is 2.37. The van der Waals surface area contributed by atoms with E-state index < -0.39 is 24.4 Å². The average molecular weight is 657 g/mol. The number of carbonyl (C=O) groups is 3. The quantitative estimate of drug-likeness (QED) is 0.258. The van der Waals surface area contributed by atoms with Gasteiger partial charge in [0.15, 0.2) is 11.5 Å². The van der Waals surface area contributed by atoms with Crippen LogP contribution >= 0.6 is 22.6 Å². The number of hydrogen-bond donors (Lipinski definition) is 3. The molecule has 1 saturated carbocycles. The van der Waals surface area contributed by atoms with Crippen LogP contribution in [0.25, 0.3) is 0 Å². The number of carbonyl (C=O) groups excluding carboxylic acids is 3. The van der Waals surface area contributed by atoms with Crippen LogP contribution in [0.1, 0.15) is 61.7 Å². The zero-order valence-corrected chi connectivity index (χ0v) is 24.3. The SMILES string of the molecule is COc1cc(C=O)cc(I)c1OC1C=C(C(=O)NCCO)CC(N(C(=O)C2CCCO2)C2CCCCC2)C1O. The number of benzene rings is 1. The zero-order valence-electron chi connectivity index (χ0n) is 22.1. The Bertz CT molecular complexity index is 1070. The largest absolute Gasteiger partial charge is 0.493 e. The van der Waals surface area contributed by atoms with E-state index in [0.717, 1.165) is 38.5 Å². The van der Waals surface area contributed by atoms with E-state index in [1.165, 1.54) is 7.11 Å². The number of rotatable bonds is 10. The highest BCUT2D eigenvalue weighted by Crippen LogP contribution is 2.38. The van der Waals surface area contributed by atoms with Crippen molar-refractivity contribution in [3.05, 3.63) is 32.9 Å². The van der Waals surface area contributed by atoms with Crippen molar-refractivity contribution in [2.45, 2.75) is 81.8 Å². The standard InChI is InChI=1S/C28H37IN2O8/c1-37-24-13-17(16-33)12-20(29)26(24)39-23-15-18(27(35)30-9-10-32)14-21(25(23)34)31(19-6-3-2-4-7-19)28(36)22-8-5-11-38-22/h12-13,15-16,19,21-23,25,32,34H,2-11,14H2,1H3,(H,30,35). The van der Waals surface area contributed by atoms with Gasteiger partial charge in [0, 0.05) is 36.8 Å². The van der Waals surface area contributed by atoms with Crippen molar-refractivity contribution in [2.24, 2.45) is 0 Å². The van der Waals surface area contributed by atoms with Gasteiger partial charge >= 0.3 is 0 Å². The minimum absolute atomic E-state index is 0.0721. The second-order valence-corrected chi connectivity index (χ2v) is 11.4. The monoisotopic (exact) mass is 656 g/mol. The minimum Gasteiger partial charge on any atom is -0.493 e. The Morgan fingerprint density at radius 1 is 1.21 bits per heavy atom. The Hall–Kier alpha value is -2.22. The Balaban J connectivity index is 1.71. The molecule has 3 aliphatic rings. The smallest absolute Gasteiger partial charge is 0.252 e. The van der Waals surface area contributed by atoms with Gasteiger partial charge in [0.25, 0.3) is 5.91 Å². The lowest BCUT2D eigenvalue weighted by atomic mass is 9.84. The molecule has 39 heavy (non-hydrogen) atoms. The molecule has 4 rings (SSSR count). The van der Waals surface area contributed by atoms with Crippen molar-refractivity contribution in [1.82, 2.24) is 10.2 Å². The second-order valence-electron chi connectivity index (χ2n) is 10.2. The van der Waals surface area contributed by atoms with Gasteiger partial charge in [-0.3, -0.25) is 14.4 Å². The van der Waals surface area contributed by atoms with Gasteiger partial charge in [0.1, 0.15) is 24.6 Å². The summed E-state index contributed by atoms with van der Waals surface area (Å²) in [5.41, 5.74) is 0.777. The summed E-state index contributed by atoms with van der Waals surface area (Å²) in [6.45, 7) is 0.391. The van der Waals surface area contributed by atoms with Gasteiger partial charge in [-0.15, -0.1) is 0 Å². The molecule has 4 unspecified atom stereocenters. The Labute approximate surface area is 242 Å². The lowest BCUT2D eigenvalue weighted by Crippen LogP contribution is -2.60. The summed E-state index contributed by atoms with van der Waals surface area (Å²) in [4.78, 5) is 40.1. The summed E-state index contributed by atoms with van der Waals surface area (Å²) >= 11 is 2.03. The number of nitrogens with one attached hydrogen (secondary N) is 1. The van der Waals surface area contributed by atoms with Crippen LogP contribution in [0.5, 0.6) is 11.5 Å². The molecule has 10 nitrogen and oxygen atoms in total. The van der Waals surface area contributed by atoms with Gasteiger partial charge in [-0.1, -0.05) is 19.3 Å². The van der Waals surface area contributed by atoms with Gasteiger partial charge in [0.2, 0.25) is 5.91 Å². The number of aliphatic hydroxyl groups excluding tert-OH is 2. The summed E-state index contributed by atoms with van der Waals surface area (Å²) in [6.07, 6.45) is 5.89. The number of halogens is 1. The number of methoxy groups -OCH3 is 1. The molecule has 3 N–H and O–H groups in total. The molecule has 2 fully saturated rings. The van der Waals surface area contributed by atoms with Crippen molar-refractivity contribution < 1.29 is 38.8 Å². The minimum atomic E-state index is -1.14. The molecule has 1 aliphatic heterocycles. The van der Waals surface area contributed by atoms with Crippen LogP contribution in [-0.2, 0) is 14.3 Å². The molecule has 1 saturated heterocycles. The molecule has 0 bridgehead atoms. The Morgan fingerprint density at radius 2 is 1.97 bits per heavy atom. The van der Waals surface area contributed by atoms with Crippen LogP contribution in [-0.4, -0.2) is 90.5 Å². The van der Waals surface area contributed by atoms with E-state index in [9.17, 15) is 24.6 Å². The lowest BCUT2D eigenvalue weighted by Gasteiger charge is -2.46. The summed E-state index contributed by atoms with van der Waals surface area (Å²) in [7, 11) is 1.46. The van der Waals surface area contributed by atoms with Crippen LogP contribution in [0.4, 0.5) is 0 Å². The van der Waals surface area contributed by atoms with Crippen molar-refractivity contribution >= 4 is 40.7 Å². The molecular weight excluding hydrogens is 619 g/mol. The average Bonchev–Trinajstić information content (AvgIpc) is 3.50. The van der Waals surface area contributed by atoms with E-state index in [1.807, 2.05) is 22.6 Å². The van der Waals surface area contributed by atoms with Crippen molar-refractivity contribution in [2.75, 3.05) is 26.9 Å². The number of aliphatic hydroxyl groups is 2. The molecule has 11 heteroatoms. The van der Waals surface area contributed by atoms with E-state index in [-0.39, 0.29) is 37.4 Å². The van der Waals surface area contributed by atoms with Gasteiger partial charge in [0.05, 0.1) is 23.3 Å². The number of amides is 2. The van der Waals surface area contributed by atoms with Gasteiger partial charge in [-0.2, -0.15) is 0 Å². The third-order valence-corrected chi connectivity index (χ3v) is 8.44. The van der Waals surface area contributed by atoms with Gasteiger partial charge < -0.3 is 34.6 Å². The highest BCUT2D eigenvalue weighted by Gasteiger charge is 2.45. The molecule has 2 amide bonds. The van der Waals surface area contributed by atoms with Crippen LogP contribution in [0, 0.1) is 3.57 Å². The second kappa shape index (κ2) is 13.9. The Kier molecular flexibility index (Phi) is 10.6. The van der Waals surface area contributed by atoms with E-state index in [0.29, 0.717) is 45.5 Å². The molecule has 1 heterocycles. The Morgan fingerprint density at radius 3 is 2.62 bits per heavy atom. The van der Waals surface area contributed by atoms with Crippen LogP contribution < -0.4 is 14.8 Å². The van der Waals surface area contributed by atoms with Crippen molar-refractivity contribution in [3.8, 4) is 11.5 Å². The first-order valence-electron chi connectivity index (χ1n) is 13.6. The molecule has 0 radical (unpaired) electrons. The number of nitrogens with zero attached hydrogens (tertiary/aromatic N) is 1. The molecule has 0 spiro atoms. The fourth-order valence-corrected chi connectivity index (χ4v) is 6.47. The predicted molar refractivity (Wildman–Crippen MR) is 151 cm³/mol. The number of ether oxygens (including phenoxy) is 3. The molecule has 4 atom stereocenters. The summed E-state index contributed by atoms with van der Waals surface area (Å²) in [5, 5.41) is 23.7. The molecule has 1 aromatic rings. The normalized spacial score (nSPS) is 25.5. The summed E-state index contributed by atoms with van der Waals surface area (Å²) in [5.74, 6) is 0.106. The molecule has 214 valence electrons. The fourth-order valence-electron chi connectivity index (χ4n) is 5.72. The maximum Gasteiger partial charge on any atom is 0.252 e. The highest BCUT2D eigenvalue weighted by molar-refractivity contribution is 14.1. The third kappa shape index (κ3) is 6.93. The van der Waals surface area contributed by atoms with Crippen LogP contribution in [0.3, 0.4) is 0 Å². The zero-order chi connectivity index (χ0) is 27.9. The highest BCUT2D eigenvalue weighted by atomic mass is 127. The molecule has 1 aromatic carbocycles. The topological polar surface area (TPSA) is 135 Å².